The van der Waals surface area contributed by atoms with Crippen molar-refractivity contribution in [3.8, 4) is 5.75 Å². The SMILES string of the molecule is O=C(COc1ccc(Cl)c2cccnc12)NCC1CNCC1O. The number of rotatable bonds is 5. The molecular formula is C16H18ClN3O3. The van der Waals surface area contributed by atoms with Gasteiger partial charge in [0.1, 0.15) is 11.3 Å². The van der Waals surface area contributed by atoms with Gasteiger partial charge in [0.25, 0.3) is 5.91 Å². The first-order valence-electron chi connectivity index (χ1n) is 7.46. The maximum atomic E-state index is 11.9. The highest BCUT2D eigenvalue weighted by Gasteiger charge is 2.25. The van der Waals surface area contributed by atoms with E-state index in [2.05, 4.69) is 15.6 Å². The number of nitrogens with zero attached hydrogens (tertiary/aromatic N) is 1. The highest BCUT2D eigenvalue weighted by atomic mass is 35.5. The fourth-order valence-electron chi connectivity index (χ4n) is 2.60. The summed E-state index contributed by atoms with van der Waals surface area (Å²) in [6.45, 7) is 1.59. The molecule has 6 nitrogen and oxygen atoms in total. The van der Waals surface area contributed by atoms with Crippen LogP contribution in [0.15, 0.2) is 30.5 Å². The Labute approximate surface area is 138 Å². The maximum Gasteiger partial charge on any atom is 0.257 e. The Kier molecular flexibility index (Phi) is 4.95. The third-order valence-corrected chi connectivity index (χ3v) is 4.23. The first-order chi connectivity index (χ1) is 11.1. The Morgan fingerprint density at radius 2 is 2.30 bits per heavy atom. The lowest BCUT2D eigenvalue weighted by Gasteiger charge is -2.14. The number of carbonyl (C=O) groups is 1. The number of carbonyl (C=O) groups excluding carboxylic acids is 1. The van der Waals surface area contributed by atoms with Crippen molar-refractivity contribution in [1.82, 2.24) is 15.6 Å². The van der Waals surface area contributed by atoms with Crippen LogP contribution in [0.25, 0.3) is 10.9 Å². The molecule has 0 aliphatic carbocycles. The van der Waals surface area contributed by atoms with Crippen molar-refractivity contribution in [3.63, 3.8) is 0 Å². The number of pyridine rings is 1. The Morgan fingerprint density at radius 3 is 3.09 bits per heavy atom. The third-order valence-electron chi connectivity index (χ3n) is 3.90. The van der Waals surface area contributed by atoms with Crippen LogP contribution in [0.4, 0.5) is 0 Å². The van der Waals surface area contributed by atoms with Crippen LogP contribution >= 0.6 is 11.6 Å². The molecule has 3 N–H and O–H groups in total. The minimum absolute atomic E-state index is 0.0389. The highest BCUT2D eigenvalue weighted by Crippen LogP contribution is 2.29. The van der Waals surface area contributed by atoms with E-state index in [9.17, 15) is 9.90 Å². The van der Waals surface area contributed by atoms with Crippen LogP contribution in [0.2, 0.25) is 5.02 Å². The lowest BCUT2D eigenvalue weighted by atomic mass is 10.1. The molecule has 0 saturated carbocycles. The average Bonchev–Trinajstić information content (AvgIpc) is 2.98. The molecule has 7 heteroatoms. The molecule has 1 aliphatic rings. The van der Waals surface area contributed by atoms with E-state index in [1.807, 2.05) is 6.07 Å². The van der Waals surface area contributed by atoms with Gasteiger partial charge in [-0.05, 0) is 24.3 Å². The molecule has 2 heterocycles. The van der Waals surface area contributed by atoms with Crippen molar-refractivity contribution in [3.05, 3.63) is 35.5 Å². The summed E-state index contributed by atoms with van der Waals surface area (Å²) < 4.78 is 5.57. The van der Waals surface area contributed by atoms with Gasteiger partial charge in [-0.1, -0.05) is 11.6 Å². The van der Waals surface area contributed by atoms with Gasteiger partial charge >= 0.3 is 0 Å². The number of aliphatic hydroxyl groups is 1. The summed E-state index contributed by atoms with van der Waals surface area (Å²) in [5, 5.41) is 16.9. The average molecular weight is 336 g/mol. The van der Waals surface area contributed by atoms with E-state index >= 15 is 0 Å². The number of nitrogens with one attached hydrogen (secondary N) is 2. The largest absolute Gasteiger partial charge is 0.481 e. The van der Waals surface area contributed by atoms with Crippen molar-refractivity contribution in [2.75, 3.05) is 26.2 Å². The van der Waals surface area contributed by atoms with Gasteiger partial charge in [-0.2, -0.15) is 0 Å². The van der Waals surface area contributed by atoms with Crippen molar-refractivity contribution in [1.29, 1.82) is 0 Å². The fourth-order valence-corrected chi connectivity index (χ4v) is 2.81. The van der Waals surface area contributed by atoms with Gasteiger partial charge in [0.05, 0.1) is 11.1 Å². The van der Waals surface area contributed by atoms with Crippen molar-refractivity contribution in [2.45, 2.75) is 6.10 Å². The van der Waals surface area contributed by atoms with Gasteiger partial charge in [-0.25, -0.2) is 0 Å². The smallest absolute Gasteiger partial charge is 0.257 e. The second-order valence-electron chi connectivity index (χ2n) is 5.52. The Balaban J connectivity index is 1.58. The number of β-amino-alcohol motifs (C(OH)–C–C–N with tert-alkyl or cyclic N) is 1. The van der Waals surface area contributed by atoms with Crippen molar-refractivity contribution in [2.24, 2.45) is 5.92 Å². The zero-order valence-corrected chi connectivity index (χ0v) is 13.2. The zero-order valence-electron chi connectivity index (χ0n) is 12.5. The van der Waals surface area contributed by atoms with E-state index in [1.54, 1.807) is 24.4 Å². The van der Waals surface area contributed by atoms with Crippen LogP contribution < -0.4 is 15.4 Å². The number of amides is 1. The van der Waals surface area contributed by atoms with E-state index < -0.39 is 6.10 Å². The normalized spacial score (nSPS) is 20.6. The summed E-state index contributed by atoms with van der Waals surface area (Å²) in [6, 6.07) is 7.08. The van der Waals surface area contributed by atoms with Gasteiger partial charge in [0.2, 0.25) is 0 Å². The number of fused-ring (bicyclic) bond motifs is 1. The van der Waals surface area contributed by atoms with Crippen LogP contribution in [0, 0.1) is 5.92 Å². The van der Waals surface area contributed by atoms with E-state index in [-0.39, 0.29) is 18.4 Å². The van der Waals surface area contributed by atoms with E-state index in [0.29, 0.717) is 35.9 Å². The molecule has 1 amide bonds. The molecule has 2 unspecified atom stereocenters. The summed E-state index contributed by atoms with van der Waals surface area (Å²) in [6.07, 6.45) is 1.24. The molecule has 1 fully saturated rings. The number of hydrogen-bond acceptors (Lipinski definition) is 5. The Bertz CT molecular complexity index is 710. The molecule has 0 spiro atoms. The molecule has 0 radical (unpaired) electrons. The number of ether oxygens (including phenoxy) is 1. The number of halogens is 1. The Hall–Kier alpha value is -1.89. The van der Waals surface area contributed by atoms with Crippen LogP contribution in [-0.4, -0.2) is 48.3 Å². The fraction of sp³-hybridized carbons (Fsp3) is 0.375. The molecule has 2 aromatic rings. The summed E-state index contributed by atoms with van der Waals surface area (Å²) in [5.41, 5.74) is 0.628. The second kappa shape index (κ2) is 7.12. The molecule has 2 atom stereocenters. The summed E-state index contributed by atoms with van der Waals surface area (Å²) >= 11 is 6.12. The lowest BCUT2D eigenvalue weighted by Crippen LogP contribution is -2.36. The maximum absolute atomic E-state index is 11.9. The quantitative estimate of drug-likeness (QED) is 0.758. The predicted molar refractivity (Wildman–Crippen MR) is 87.6 cm³/mol. The van der Waals surface area contributed by atoms with Gasteiger partial charge in [0.15, 0.2) is 6.61 Å². The first-order valence-corrected chi connectivity index (χ1v) is 7.84. The molecular weight excluding hydrogens is 318 g/mol. The monoisotopic (exact) mass is 335 g/mol. The Morgan fingerprint density at radius 1 is 1.43 bits per heavy atom. The molecule has 3 rings (SSSR count). The van der Waals surface area contributed by atoms with Crippen LogP contribution in [0.1, 0.15) is 0 Å². The second-order valence-corrected chi connectivity index (χ2v) is 5.93. The van der Waals surface area contributed by atoms with E-state index in [4.69, 9.17) is 16.3 Å². The van der Waals surface area contributed by atoms with E-state index in [1.165, 1.54) is 0 Å². The molecule has 1 saturated heterocycles. The standard InChI is InChI=1S/C16H18ClN3O3/c17-12-3-4-14(16-11(12)2-1-5-19-16)23-9-15(22)20-7-10-6-18-8-13(10)21/h1-5,10,13,18,21H,6-9H2,(H,20,22). The minimum Gasteiger partial charge on any atom is -0.481 e. The summed E-state index contributed by atoms with van der Waals surface area (Å²) in [4.78, 5) is 16.2. The molecule has 1 aliphatic heterocycles. The van der Waals surface area contributed by atoms with Gasteiger partial charge in [0, 0.05) is 37.1 Å². The molecule has 1 aromatic heterocycles. The first kappa shape index (κ1) is 16.0. The van der Waals surface area contributed by atoms with E-state index in [0.717, 1.165) is 5.39 Å². The number of hydrogen-bond donors (Lipinski definition) is 3. The topological polar surface area (TPSA) is 83.5 Å². The van der Waals surface area contributed by atoms with Crippen molar-refractivity contribution < 1.29 is 14.6 Å². The van der Waals surface area contributed by atoms with Gasteiger partial charge in [-0.3, -0.25) is 9.78 Å². The molecule has 122 valence electrons. The third kappa shape index (κ3) is 3.72. The highest BCUT2D eigenvalue weighted by molar-refractivity contribution is 6.35. The molecule has 23 heavy (non-hydrogen) atoms. The predicted octanol–water partition coefficient (Wildman–Crippen LogP) is 0.963. The lowest BCUT2D eigenvalue weighted by molar-refractivity contribution is -0.123. The van der Waals surface area contributed by atoms with Crippen LogP contribution in [-0.2, 0) is 4.79 Å². The van der Waals surface area contributed by atoms with Gasteiger partial charge < -0.3 is 20.5 Å². The van der Waals surface area contributed by atoms with Crippen molar-refractivity contribution >= 4 is 28.4 Å². The van der Waals surface area contributed by atoms with Crippen LogP contribution in [0.5, 0.6) is 5.75 Å². The molecule has 0 bridgehead atoms. The number of aliphatic hydroxyl groups excluding tert-OH is 1. The minimum atomic E-state index is -0.416. The van der Waals surface area contributed by atoms with Gasteiger partial charge in [-0.15, -0.1) is 0 Å². The number of benzene rings is 1. The van der Waals surface area contributed by atoms with Crippen LogP contribution in [0.3, 0.4) is 0 Å². The zero-order chi connectivity index (χ0) is 16.2. The summed E-state index contributed by atoms with van der Waals surface area (Å²) in [7, 11) is 0. The number of aromatic nitrogens is 1. The summed E-state index contributed by atoms with van der Waals surface area (Å²) in [5.74, 6) is 0.322. The molecule has 1 aromatic carbocycles.